The average Bonchev–Trinajstić information content (AvgIpc) is 2.89. The number of hydrogen-bond donors (Lipinski definition) is 1. The van der Waals surface area contributed by atoms with E-state index >= 15 is 0 Å². The van der Waals surface area contributed by atoms with Crippen molar-refractivity contribution in [3.63, 3.8) is 0 Å². The van der Waals surface area contributed by atoms with Crippen molar-refractivity contribution in [1.82, 2.24) is 5.32 Å². The highest BCUT2D eigenvalue weighted by Crippen LogP contribution is 2.37. The van der Waals surface area contributed by atoms with Crippen LogP contribution in [0, 0.1) is 11.8 Å². The Bertz CT molecular complexity index is 240. The molecule has 0 aromatic rings. The number of ether oxygens (including phenoxy) is 1. The van der Waals surface area contributed by atoms with E-state index in [4.69, 9.17) is 4.74 Å². The fourth-order valence-corrected chi connectivity index (χ4v) is 1.37. The Morgan fingerprint density at radius 3 is 2.67 bits per heavy atom. The Labute approximate surface area is 90.4 Å². The molecule has 1 amide bonds. The van der Waals surface area contributed by atoms with Crippen LogP contribution in [-0.4, -0.2) is 25.0 Å². The van der Waals surface area contributed by atoms with E-state index in [0.717, 1.165) is 12.8 Å². The molecule has 0 bridgehead atoms. The van der Waals surface area contributed by atoms with Crippen molar-refractivity contribution in [3.05, 3.63) is 0 Å². The van der Waals surface area contributed by atoms with Gasteiger partial charge in [0, 0.05) is 6.42 Å². The number of carbonyl (C=O) groups is 2. The second kappa shape index (κ2) is 5.73. The molecule has 0 saturated heterocycles. The number of nitrogens with one attached hydrogen (secondary N) is 1. The molecular weight excluding hydrogens is 194 g/mol. The lowest BCUT2D eigenvalue weighted by atomic mass is 10.3. The first-order valence-corrected chi connectivity index (χ1v) is 5.55. The Kier molecular flexibility index (Phi) is 4.59. The van der Waals surface area contributed by atoms with E-state index in [1.807, 2.05) is 6.92 Å². The topological polar surface area (TPSA) is 55.4 Å². The van der Waals surface area contributed by atoms with E-state index in [1.165, 1.54) is 0 Å². The van der Waals surface area contributed by atoms with Gasteiger partial charge in [-0.15, -0.1) is 0 Å². The Morgan fingerprint density at radius 1 is 1.47 bits per heavy atom. The van der Waals surface area contributed by atoms with Crippen molar-refractivity contribution >= 4 is 11.9 Å². The zero-order chi connectivity index (χ0) is 11.3. The van der Waals surface area contributed by atoms with Crippen molar-refractivity contribution in [3.8, 4) is 0 Å². The van der Waals surface area contributed by atoms with E-state index in [2.05, 4.69) is 12.2 Å². The summed E-state index contributed by atoms with van der Waals surface area (Å²) in [6.45, 7) is 4.57. The first kappa shape index (κ1) is 12.0. The first-order chi connectivity index (χ1) is 7.13. The van der Waals surface area contributed by atoms with Gasteiger partial charge in [-0.3, -0.25) is 9.59 Å². The molecule has 1 N–H and O–H groups in total. The van der Waals surface area contributed by atoms with Crippen molar-refractivity contribution < 1.29 is 14.3 Å². The van der Waals surface area contributed by atoms with Gasteiger partial charge < -0.3 is 10.1 Å². The molecule has 0 unspecified atom stereocenters. The van der Waals surface area contributed by atoms with Crippen LogP contribution in [0.3, 0.4) is 0 Å². The predicted octanol–water partition coefficient (Wildman–Crippen LogP) is 1.10. The monoisotopic (exact) mass is 213 g/mol. The molecule has 1 aliphatic rings. The largest absolute Gasteiger partial charge is 0.464 e. The maximum Gasteiger partial charge on any atom is 0.325 e. The van der Waals surface area contributed by atoms with Gasteiger partial charge >= 0.3 is 5.97 Å². The second-order valence-corrected chi connectivity index (χ2v) is 4.18. The Balaban J connectivity index is 2.00. The lowest BCUT2D eigenvalue weighted by molar-refractivity contribution is -0.144. The summed E-state index contributed by atoms with van der Waals surface area (Å²) in [6, 6.07) is 0. The SMILES string of the molecule is CCCC(=O)NCC(=O)OC[C@H]1C[C@@H]1C. The van der Waals surface area contributed by atoms with Gasteiger partial charge in [0.2, 0.25) is 5.91 Å². The van der Waals surface area contributed by atoms with Gasteiger partial charge in [0.1, 0.15) is 6.54 Å². The van der Waals surface area contributed by atoms with Crippen LogP contribution in [0.1, 0.15) is 33.1 Å². The molecule has 1 aliphatic carbocycles. The van der Waals surface area contributed by atoms with E-state index < -0.39 is 0 Å². The summed E-state index contributed by atoms with van der Waals surface area (Å²) >= 11 is 0. The standard InChI is InChI=1S/C11H19NO3/c1-3-4-10(13)12-6-11(14)15-7-9-5-8(9)2/h8-9H,3-7H2,1-2H3,(H,12,13)/t8-,9+/m0/s1. The highest BCUT2D eigenvalue weighted by molar-refractivity contribution is 5.81. The minimum absolute atomic E-state index is 0.0000652. The van der Waals surface area contributed by atoms with Gasteiger partial charge in [-0.1, -0.05) is 13.8 Å². The molecule has 1 saturated carbocycles. The lowest BCUT2D eigenvalue weighted by Crippen LogP contribution is -2.30. The highest BCUT2D eigenvalue weighted by Gasteiger charge is 2.33. The van der Waals surface area contributed by atoms with Gasteiger partial charge in [-0.2, -0.15) is 0 Å². The molecule has 0 aliphatic heterocycles. The van der Waals surface area contributed by atoms with E-state index in [9.17, 15) is 9.59 Å². The van der Waals surface area contributed by atoms with E-state index in [1.54, 1.807) is 0 Å². The molecular formula is C11H19NO3. The quantitative estimate of drug-likeness (QED) is 0.672. The third-order valence-corrected chi connectivity index (χ3v) is 2.64. The normalized spacial score (nSPS) is 23.3. The fraction of sp³-hybridized carbons (Fsp3) is 0.818. The smallest absolute Gasteiger partial charge is 0.325 e. The minimum Gasteiger partial charge on any atom is -0.464 e. The van der Waals surface area contributed by atoms with Gasteiger partial charge in [-0.05, 0) is 24.7 Å². The van der Waals surface area contributed by atoms with Crippen LogP contribution >= 0.6 is 0 Å². The number of esters is 1. The summed E-state index contributed by atoms with van der Waals surface area (Å²) in [5.74, 6) is 0.806. The van der Waals surface area contributed by atoms with Gasteiger partial charge in [0.15, 0.2) is 0 Å². The molecule has 0 aromatic carbocycles. The number of rotatable bonds is 6. The van der Waals surface area contributed by atoms with Crippen LogP contribution in [0.4, 0.5) is 0 Å². The fourth-order valence-electron chi connectivity index (χ4n) is 1.37. The molecule has 4 heteroatoms. The van der Waals surface area contributed by atoms with Crippen molar-refractivity contribution in [2.45, 2.75) is 33.1 Å². The maximum absolute atomic E-state index is 11.2. The number of carbonyl (C=O) groups excluding carboxylic acids is 2. The summed E-state index contributed by atoms with van der Waals surface area (Å²) in [7, 11) is 0. The predicted molar refractivity (Wildman–Crippen MR) is 56.1 cm³/mol. The molecule has 1 fully saturated rings. The van der Waals surface area contributed by atoms with Gasteiger partial charge in [0.05, 0.1) is 6.61 Å². The first-order valence-electron chi connectivity index (χ1n) is 5.55. The van der Waals surface area contributed by atoms with Crippen molar-refractivity contribution in [2.75, 3.05) is 13.2 Å². The molecule has 0 radical (unpaired) electrons. The van der Waals surface area contributed by atoms with Crippen LogP contribution in [0.15, 0.2) is 0 Å². The zero-order valence-corrected chi connectivity index (χ0v) is 9.41. The van der Waals surface area contributed by atoms with Gasteiger partial charge in [0.25, 0.3) is 0 Å². The minimum atomic E-state index is -0.335. The van der Waals surface area contributed by atoms with Crippen LogP contribution in [-0.2, 0) is 14.3 Å². The molecule has 0 heterocycles. The number of amides is 1. The van der Waals surface area contributed by atoms with Gasteiger partial charge in [-0.25, -0.2) is 0 Å². The van der Waals surface area contributed by atoms with Crippen LogP contribution in [0.5, 0.6) is 0 Å². The molecule has 0 spiro atoms. The molecule has 4 nitrogen and oxygen atoms in total. The zero-order valence-electron chi connectivity index (χ0n) is 9.41. The molecule has 2 atom stereocenters. The summed E-state index contributed by atoms with van der Waals surface area (Å²) in [6.07, 6.45) is 2.41. The number of hydrogen-bond acceptors (Lipinski definition) is 3. The molecule has 15 heavy (non-hydrogen) atoms. The van der Waals surface area contributed by atoms with Crippen LogP contribution < -0.4 is 5.32 Å². The third-order valence-electron chi connectivity index (χ3n) is 2.64. The molecule has 0 aromatic heterocycles. The summed E-state index contributed by atoms with van der Waals surface area (Å²) in [4.78, 5) is 22.2. The van der Waals surface area contributed by atoms with E-state index in [-0.39, 0.29) is 18.4 Å². The summed E-state index contributed by atoms with van der Waals surface area (Å²) in [5, 5.41) is 2.53. The highest BCUT2D eigenvalue weighted by atomic mass is 16.5. The lowest BCUT2D eigenvalue weighted by Gasteiger charge is -2.05. The summed E-state index contributed by atoms with van der Waals surface area (Å²) < 4.78 is 5.01. The molecule has 86 valence electrons. The van der Waals surface area contributed by atoms with Crippen molar-refractivity contribution in [1.29, 1.82) is 0 Å². The summed E-state index contributed by atoms with van der Waals surface area (Å²) in [5.41, 5.74) is 0. The van der Waals surface area contributed by atoms with Crippen LogP contribution in [0.2, 0.25) is 0 Å². The molecule has 1 rings (SSSR count). The Hall–Kier alpha value is -1.06. The van der Waals surface area contributed by atoms with Crippen LogP contribution in [0.25, 0.3) is 0 Å². The van der Waals surface area contributed by atoms with Crippen molar-refractivity contribution in [2.24, 2.45) is 11.8 Å². The maximum atomic E-state index is 11.2. The Morgan fingerprint density at radius 2 is 2.13 bits per heavy atom. The van der Waals surface area contributed by atoms with E-state index in [0.29, 0.717) is 24.9 Å². The second-order valence-electron chi connectivity index (χ2n) is 4.18. The third kappa shape index (κ3) is 4.81. The average molecular weight is 213 g/mol.